The summed E-state index contributed by atoms with van der Waals surface area (Å²) in [7, 11) is 0. The Morgan fingerprint density at radius 3 is 2.62 bits per heavy atom. The van der Waals surface area contributed by atoms with E-state index in [2.05, 4.69) is 15.7 Å². The highest BCUT2D eigenvalue weighted by molar-refractivity contribution is 6.08. The predicted octanol–water partition coefficient (Wildman–Crippen LogP) is 3.57. The van der Waals surface area contributed by atoms with E-state index in [1.54, 1.807) is 30.3 Å². The number of carboxylic acid groups (broad SMARTS) is 1. The molecule has 0 fully saturated rings. The molecule has 1 atom stereocenters. The maximum atomic E-state index is 14.4. The fourth-order valence-corrected chi connectivity index (χ4v) is 3.23. The second kappa shape index (κ2) is 7.23. The molecule has 1 aromatic heterocycles. The third-order valence-corrected chi connectivity index (χ3v) is 4.73. The number of anilines is 2. The molecule has 0 bridgehead atoms. The summed E-state index contributed by atoms with van der Waals surface area (Å²) in [5.74, 6) is -1.98. The molecule has 4 rings (SSSR count). The summed E-state index contributed by atoms with van der Waals surface area (Å²) in [4.78, 5) is 24.5. The molecule has 2 aromatic carbocycles. The number of benzene rings is 2. The Labute approximate surface area is 165 Å². The first-order valence-electron chi connectivity index (χ1n) is 8.86. The monoisotopic (exact) mass is 392 g/mol. The van der Waals surface area contributed by atoms with Crippen molar-refractivity contribution in [3.8, 4) is 0 Å². The summed E-state index contributed by atoms with van der Waals surface area (Å²) in [6, 6.07) is 12.5. The van der Waals surface area contributed by atoms with Crippen LogP contribution in [0.25, 0.3) is 0 Å². The van der Waals surface area contributed by atoms with Crippen molar-refractivity contribution < 1.29 is 19.1 Å². The van der Waals surface area contributed by atoms with Crippen molar-refractivity contribution in [2.45, 2.75) is 13.0 Å². The van der Waals surface area contributed by atoms with Gasteiger partial charge in [0.15, 0.2) is 0 Å². The van der Waals surface area contributed by atoms with Gasteiger partial charge in [0.05, 0.1) is 6.20 Å². The topological polar surface area (TPSA) is 96.3 Å². The second-order valence-electron chi connectivity index (χ2n) is 6.60. The van der Waals surface area contributed by atoms with Crippen molar-refractivity contribution >= 4 is 23.4 Å². The minimum absolute atomic E-state index is 0.154. The molecule has 7 nitrogen and oxygen atoms in total. The summed E-state index contributed by atoms with van der Waals surface area (Å²) in [5, 5.41) is 19.2. The van der Waals surface area contributed by atoms with Crippen molar-refractivity contribution in [2.75, 3.05) is 10.6 Å². The van der Waals surface area contributed by atoms with Crippen LogP contribution < -0.4 is 10.6 Å². The number of fused-ring (bicyclic) bond motifs is 1. The largest absolute Gasteiger partial charge is 0.477 e. The summed E-state index contributed by atoms with van der Waals surface area (Å²) < 4.78 is 15.8. The number of hydrogen-bond acceptors (Lipinski definition) is 4. The number of nitrogens with one attached hydrogen (secondary N) is 2. The Hall–Kier alpha value is -3.94. The van der Waals surface area contributed by atoms with E-state index >= 15 is 0 Å². The summed E-state index contributed by atoms with van der Waals surface area (Å²) in [6.07, 6.45) is 2.70. The molecule has 1 aliphatic heterocycles. The zero-order valence-corrected chi connectivity index (χ0v) is 15.4. The Bertz CT molecular complexity index is 1150. The smallest absolute Gasteiger partial charge is 0.352 e. The number of amides is 1. The highest BCUT2D eigenvalue weighted by atomic mass is 19.1. The lowest BCUT2D eigenvalue weighted by Gasteiger charge is -2.24. The van der Waals surface area contributed by atoms with E-state index in [1.807, 2.05) is 19.1 Å². The number of allylic oxidation sites excluding steroid dienone is 1. The molecule has 1 unspecified atom stereocenters. The Morgan fingerprint density at radius 2 is 1.90 bits per heavy atom. The minimum atomic E-state index is -1.22. The molecular weight excluding hydrogens is 375 g/mol. The van der Waals surface area contributed by atoms with Crippen molar-refractivity contribution in [1.82, 2.24) is 9.78 Å². The van der Waals surface area contributed by atoms with Gasteiger partial charge in [0.2, 0.25) is 0 Å². The third-order valence-electron chi connectivity index (χ3n) is 4.73. The van der Waals surface area contributed by atoms with Crippen molar-refractivity contribution in [1.29, 1.82) is 0 Å². The van der Waals surface area contributed by atoms with Crippen LogP contribution in [0.15, 0.2) is 66.5 Å². The summed E-state index contributed by atoms with van der Waals surface area (Å²) in [5.41, 5.74) is 1.76. The average molecular weight is 392 g/mol. The van der Waals surface area contributed by atoms with Gasteiger partial charge in [-0.1, -0.05) is 36.4 Å². The van der Waals surface area contributed by atoms with E-state index in [0.717, 1.165) is 5.56 Å². The standard InChI is InChI=1S/C21H17FN4O3/c1-12-6-2-5-9-16(12)25-20(27)14-11-23-26-18(13-7-3-4-8-15(13)22)10-17(21(28)29)24-19(14)26/h2-11,18,24H,1H3,(H,25,27)(H,28,29). The van der Waals surface area contributed by atoms with Crippen LogP contribution in [0, 0.1) is 12.7 Å². The summed E-state index contributed by atoms with van der Waals surface area (Å²) >= 11 is 0. The minimum Gasteiger partial charge on any atom is -0.477 e. The first-order valence-corrected chi connectivity index (χ1v) is 8.86. The number of nitrogens with zero attached hydrogens (tertiary/aromatic N) is 2. The molecule has 0 saturated heterocycles. The van der Waals surface area contributed by atoms with Crippen LogP contribution in [0.5, 0.6) is 0 Å². The van der Waals surface area contributed by atoms with Crippen LogP contribution in [-0.4, -0.2) is 26.8 Å². The van der Waals surface area contributed by atoms with Gasteiger partial charge < -0.3 is 15.7 Å². The van der Waals surface area contributed by atoms with Crippen LogP contribution in [0.2, 0.25) is 0 Å². The predicted molar refractivity (Wildman–Crippen MR) is 105 cm³/mol. The lowest BCUT2D eigenvalue weighted by Crippen LogP contribution is -2.26. The number of hydrogen-bond donors (Lipinski definition) is 3. The van der Waals surface area contributed by atoms with Crippen LogP contribution in [0.3, 0.4) is 0 Å². The Kier molecular flexibility index (Phi) is 4.59. The zero-order chi connectivity index (χ0) is 20.5. The fourth-order valence-electron chi connectivity index (χ4n) is 3.23. The highest BCUT2D eigenvalue weighted by Crippen LogP contribution is 2.33. The molecule has 0 radical (unpaired) electrons. The SMILES string of the molecule is Cc1ccccc1NC(=O)c1cnn2c1NC(C(=O)O)=CC2c1ccccc1F. The normalized spacial score (nSPS) is 15.1. The van der Waals surface area contributed by atoms with Gasteiger partial charge in [-0.25, -0.2) is 13.9 Å². The first-order chi connectivity index (χ1) is 14.0. The quantitative estimate of drug-likeness (QED) is 0.631. The van der Waals surface area contributed by atoms with Gasteiger partial charge in [0.1, 0.15) is 28.9 Å². The van der Waals surface area contributed by atoms with Crippen LogP contribution in [0.1, 0.15) is 27.5 Å². The number of aromatic nitrogens is 2. The van der Waals surface area contributed by atoms with Gasteiger partial charge in [-0.2, -0.15) is 5.10 Å². The van der Waals surface area contributed by atoms with E-state index in [1.165, 1.54) is 23.0 Å². The van der Waals surface area contributed by atoms with E-state index in [-0.39, 0.29) is 22.6 Å². The first kappa shape index (κ1) is 18.4. The molecular formula is C21H17FN4O3. The number of para-hydroxylation sites is 1. The number of aryl methyl sites for hydroxylation is 1. The number of carbonyl (C=O) groups is 2. The van der Waals surface area contributed by atoms with Gasteiger partial charge in [-0.15, -0.1) is 0 Å². The number of rotatable bonds is 4. The molecule has 3 N–H and O–H groups in total. The van der Waals surface area contributed by atoms with Gasteiger partial charge in [-0.3, -0.25) is 4.79 Å². The van der Waals surface area contributed by atoms with Crippen LogP contribution in [0.4, 0.5) is 15.9 Å². The summed E-state index contributed by atoms with van der Waals surface area (Å²) in [6.45, 7) is 1.86. The van der Waals surface area contributed by atoms with E-state index in [4.69, 9.17) is 0 Å². The van der Waals surface area contributed by atoms with Crippen LogP contribution >= 0.6 is 0 Å². The average Bonchev–Trinajstić information content (AvgIpc) is 3.13. The number of halogens is 1. The van der Waals surface area contributed by atoms with Crippen molar-refractivity contribution in [2.24, 2.45) is 0 Å². The molecule has 3 aromatic rings. The van der Waals surface area contributed by atoms with E-state index < -0.39 is 23.7 Å². The number of aliphatic carboxylic acids is 1. The Morgan fingerprint density at radius 1 is 1.17 bits per heavy atom. The molecule has 1 aliphatic rings. The van der Waals surface area contributed by atoms with E-state index in [9.17, 15) is 19.1 Å². The molecule has 0 saturated carbocycles. The molecule has 2 heterocycles. The van der Waals surface area contributed by atoms with Gasteiger partial charge >= 0.3 is 5.97 Å². The lowest BCUT2D eigenvalue weighted by molar-refractivity contribution is -0.132. The van der Waals surface area contributed by atoms with Gasteiger partial charge in [0.25, 0.3) is 5.91 Å². The molecule has 8 heteroatoms. The van der Waals surface area contributed by atoms with Crippen molar-refractivity contribution in [3.63, 3.8) is 0 Å². The lowest BCUT2D eigenvalue weighted by atomic mass is 10.0. The van der Waals surface area contributed by atoms with Crippen molar-refractivity contribution in [3.05, 3.63) is 89.0 Å². The number of carboxylic acids is 1. The van der Waals surface area contributed by atoms with E-state index in [0.29, 0.717) is 5.69 Å². The zero-order valence-electron chi connectivity index (χ0n) is 15.4. The van der Waals surface area contributed by atoms with Gasteiger partial charge in [0, 0.05) is 11.3 Å². The molecule has 29 heavy (non-hydrogen) atoms. The Balaban J connectivity index is 1.75. The highest BCUT2D eigenvalue weighted by Gasteiger charge is 2.30. The fraction of sp³-hybridized carbons (Fsp3) is 0.0952. The maximum absolute atomic E-state index is 14.4. The second-order valence-corrected chi connectivity index (χ2v) is 6.60. The maximum Gasteiger partial charge on any atom is 0.352 e. The molecule has 146 valence electrons. The molecule has 0 aliphatic carbocycles. The molecule has 1 amide bonds. The van der Waals surface area contributed by atoms with Gasteiger partial charge in [-0.05, 0) is 30.7 Å². The number of carbonyl (C=O) groups excluding carboxylic acids is 1. The van der Waals surface area contributed by atoms with Crippen LogP contribution in [-0.2, 0) is 4.79 Å². The molecule has 0 spiro atoms. The third kappa shape index (κ3) is 3.36.